The van der Waals surface area contributed by atoms with E-state index in [2.05, 4.69) is 15.2 Å². The Labute approximate surface area is 198 Å². The van der Waals surface area contributed by atoms with E-state index in [4.69, 9.17) is 4.74 Å². The third-order valence-electron chi connectivity index (χ3n) is 5.61. The quantitative estimate of drug-likeness (QED) is 0.569. The van der Waals surface area contributed by atoms with Gasteiger partial charge in [-0.3, -0.25) is 14.6 Å². The second-order valence-electron chi connectivity index (χ2n) is 7.79. The maximum Gasteiger partial charge on any atom is 0.338 e. The van der Waals surface area contributed by atoms with Crippen molar-refractivity contribution in [3.05, 3.63) is 89.7 Å². The molecule has 1 aliphatic rings. The minimum Gasteiger partial charge on any atom is -0.462 e. The minimum absolute atomic E-state index is 0.00279. The molecule has 0 bridgehead atoms. The van der Waals surface area contributed by atoms with Gasteiger partial charge < -0.3 is 19.9 Å². The van der Waals surface area contributed by atoms with Crippen LogP contribution in [0.1, 0.15) is 38.0 Å². The highest BCUT2D eigenvalue weighted by Gasteiger charge is 2.24. The Morgan fingerprint density at radius 3 is 2.32 bits per heavy atom. The lowest BCUT2D eigenvalue weighted by atomic mass is 10.1. The Morgan fingerprint density at radius 2 is 1.65 bits per heavy atom. The summed E-state index contributed by atoms with van der Waals surface area (Å²) in [5.74, 6) is -0.777. The van der Waals surface area contributed by atoms with Gasteiger partial charge in [-0.1, -0.05) is 18.2 Å². The zero-order chi connectivity index (χ0) is 23.9. The standard InChI is InChI=1S/C26H26N4O4/c1-2-34-26(33)20-10-11-23(22(17-20)28-24(31)21-9-6-12-27-18-21)29-13-15-30(16-14-29)25(32)19-7-4-3-5-8-19/h3-12,17-18H,2,13-16H2,1H3,(H,28,31). The number of pyridine rings is 1. The molecule has 1 aliphatic heterocycles. The van der Waals surface area contributed by atoms with Crippen LogP contribution in [0.15, 0.2) is 73.1 Å². The molecule has 0 aliphatic carbocycles. The molecule has 3 aromatic rings. The van der Waals surface area contributed by atoms with E-state index in [0.29, 0.717) is 48.6 Å². The van der Waals surface area contributed by atoms with E-state index in [-0.39, 0.29) is 18.4 Å². The minimum atomic E-state index is -0.454. The molecule has 0 atom stereocenters. The van der Waals surface area contributed by atoms with Crippen molar-refractivity contribution in [1.82, 2.24) is 9.88 Å². The fourth-order valence-electron chi connectivity index (χ4n) is 3.86. The number of esters is 1. The van der Waals surface area contributed by atoms with Crippen LogP contribution in [-0.2, 0) is 4.74 Å². The van der Waals surface area contributed by atoms with Crippen molar-refractivity contribution in [2.45, 2.75) is 6.92 Å². The van der Waals surface area contributed by atoms with Crippen molar-refractivity contribution in [1.29, 1.82) is 0 Å². The predicted octanol–water partition coefficient (Wildman–Crippen LogP) is 3.47. The summed E-state index contributed by atoms with van der Waals surface area (Å²) in [7, 11) is 0. The van der Waals surface area contributed by atoms with Gasteiger partial charge in [-0.25, -0.2) is 4.79 Å². The van der Waals surface area contributed by atoms with Crippen LogP contribution in [0, 0.1) is 0 Å². The van der Waals surface area contributed by atoms with Crippen LogP contribution in [0.5, 0.6) is 0 Å². The lowest BCUT2D eigenvalue weighted by Gasteiger charge is -2.37. The Bertz CT molecular complexity index is 1160. The number of hydrogen-bond donors (Lipinski definition) is 1. The molecule has 2 amide bonds. The largest absolute Gasteiger partial charge is 0.462 e. The first-order valence-corrected chi connectivity index (χ1v) is 11.2. The van der Waals surface area contributed by atoms with E-state index >= 15 is 0 Å². The number of rotatable bonds is 6. The van der Waals surface area contributed by atoms with Crippen LogP contribution in [0.25, 0.3) is 0 Å². The average Bonchev–Trinajstić information content (AvgIpc) is 2.89. The predicted molar refractivity (Wildman–Crippen MR) is 129 cm³/mol. The lowest BCUT2D eigenvalue weighted by Crippen LogP contribution is -2.49. The second kappa shape index (κ2) is 10.6. The van der Waals surface area contributed by atoms with Crippen molar-refractivity contribution in [2.75, 3.05) is 43.0 Å². The number of nitrogens with zero attached hydrogens (tertiary/aromatic N) is 3. The van der Waals surface area contributed by atoms with Gasteiger partial charge in [-0.05, 0) is 49.4 Å². The molecule has 1 saturated heterocycles. The Kier molecular flexibility index (Phi) is 7.17. The summed E-state index contributed by atoms with van der Waals surface area (Å²) in [5.41, 5.74) is 2.71. The summed E-state index contributed by atoms with van der Waals surface area (Å²) in [6.07, 6.45) is 3.08. The normalized spacial score (nSPS) is 13.3. The van der Waals surface area contributed by atoms with Gasteiger partial charge in [-0.2, -0.15) is 0 Å². The molecule has 8 nitrogen and oxygen atoms in total. The molecule has 1 aromatic heterocycles. The van der Waals surface area contributed by atoms with Gasteiger partial charge >= 0.3 is 5.97 Å². The summed E-state index contributed by atoms with van der Waals surface area (Å²) >= 11 is 0. The summed E-state index contributed by atoms with van der Waals surface area (Å²) < 4.78 is 5.12. The van der Waals surface area contributed by atoms with E-state index in [1.165, 1.54) is 6.20 Å². The highest BCUT2D eigenvalue weighted by molar-refractivity contribution is 6.06. The molecule has 34 heavy (non-hydrogen) atoms. The number of benzene rings is 2. The lowest BCUT2D eigenvalue weighted by molar-refractivity contribution is 0.0526. The van der Waals surface area contributed by atoms with Gasteiger partial charge in [0.15, 0.2) is 0 Å². The molecule has 0 spiro atoms. The van der Waals surface area contributed by atoms with E-state index in [9.17, 15) is 14.4 Å². The first-order chi connectivity index (χ1) is 16.6. The summed E-state index contributed by atoms with van der Waals surface area (Å²) in [6.45, 7) is 4.27. The maximum atomic E-state index is 12.8. The van der Waals surface area contributed by atoms with Gasteiger partial charge in [0.2, 0.25) is 0 Å². The molecule has 0 radical (unpaired) electrons. The van der Waals surface area contributed by atoms with Crippen molar-refractivity contribution in [2.24, 2.45) is 0 Å². The first-order valence-electron chi connectivity index (χ1n) is 11.2. The number of carbonyl (C=O) groups is 3. The van der Waals surface area contributed by atoms with Crippen molar-refractivity contribution in [3.63, 3.8) is 0 Å². The Morgan fingerprint density at radius 1 is 0.912 bits per heavy atom. The third-order valence-corrected chi connectivity index (χ3v) is 5.61. The highest BCUT2D eigenvalue weighted by Crippen LogP contribution is 2.29. The van der Waals surface area contributed by atoms with Gasteiger partial charge in [-0.15, -0.1) is 0 Å². The molecule has 0 saturated carbocycles. The summed E-state index contributed by atoms with van der Waals surface area (Å²) in [6, 6.07) is 17.7. The van der Waals surface area contributed by atoms with Gasteiger partial charge in [0.05, 0.1) is 29.1 Å². The number of aromatic nitrogens is 1. The molecule has 1 N–H and O–H groups in total. The van der Waals surface area contributed by atoms with Gasteiger partial charge in [0, 0.05) is 44.1 Å². The molecule has 174 valence electrons. The summed E-state index contributed by atoms with van der Waals surface area (Å²) in [5, 5.41) is 2.91. The number of nitrogens with one attached hydrogen (secondary N) is 1. The monoisotopic (exact) mass is 458 g/mol. The second-order valence-corrected chi connectivity index (χ2v) is 7.79. The van der Waals surface area contributed by atoms with Crippen molar-refractivity contribution >= 4 is 29.2 Å². The van der Waals surface area contributed by atoms with E-state index in [0.717, 1.165) is 5.69 Å². The number of amides is 2. The number of ether oxygens (including phenoxy) is 1. The molecule has 4 rings (SSSR count). The van der Waals surface area contributed by atoms with Crippen molar-refractivity contribution in [3.8, 4) is 0 Å². The number of hydrogen-bond acceptors (Lipinski definition) is 6. The molecular weight excluding hydrogens is 432 g/mol. The Balaban J connectivity index is 1.54. The number of carbonyl (C=O) groups excluding carboxylic acids is 3. The molecule has 2 aromatic carbocycles. The maximum absolute atomic E-state index is 12.8. The van der Waals surface area contributed by atoms with Crippen LogP contribution in [0.3, 0.4) is 0 Å². The number of anilines is 2. The fourth-order valence-corrected chi connectivity index (χ4v) is 3.86. The SMILES string of the molecule is CCOC(=O)c1ccc(N2CCN(C(=O)c3ccccc3)CC2)c(NC(=O)c2cccnc2)c1. The first kappa shape index (κ1) is 23.0. The highest BCUT2D eigenvalue weighted by atomic mass is 16.5. The van der Waals surface area contributed by atoms with E-state index in [1.807, 2.05) is 35.2 Å². The van der Waals surface area contributed by atoms with Crippen LogP contribution in [0.2, 0.25) is 0 Å². The smallest absolute Gasteiger partial charge is 0.338 e. The van der Waals surface area contributed by atoms with E-state index < -0.39 is 5.97 Å². The van der Waals surface area contributed by atoms with E-state index in [1.54, 1.807) is 43.5 Å². The van der Waals surface area contributed by atoms with Crippen LogP contribution < -0.4 is 10.2 Å². The van der Waals surface area contributed by atoms with Crippen LogP contribution in [0.4, 0.5) is 11.4 Å². The number of piperazine rings is 1. The fraction of sp³-hybridized carbons (Fsp3) is 0.231. The topological polar surface area (TPSA) is 91.8 Å². The van der Waals surface area contributed by atoms with Crippen molar-refractivity contribution < 1.29 is 19.1 Å². The molecule has 8 heteroatoms. The summed E-state index contributed by atoms with van der Waals surface area (Å²) in [4.78, 5) is 45.8. The molecule has 1 fully saturated rings. The molecule has 2 heterocycles. The van der Waals surface area contributed by atoms with Gasteiger partial charge in [0.1, 0.15) is 0 Å². The molecule has 0 unspecified atom stereocenters. The third kappa shape index (κ3) is 5.23. The zero-order valence-corrected chi connectivity index (χ0v) is 18.9. The molecular formula is C26H26N4O4. The van der Waals surface area contributed by atoms with Gasteiger partial charge in [0.25, 0.3) is 11.8 Å². The average molecular weight is 459 g/mol. The zero-order valence-electron chi connectivity index (χ0n) is 18.9. The van der Waals surface area contributed by atoms with Crippen LogP contribution >= 0.6 is 0 Å². The Hall–Kier alpha value is -4.20. The van der Waals surface area contributed by atoms with Crippen LogP contribution in [-0.4, -0.2) is 60.5 Å².